The van der Waals surface area contributed by atoms with Crippen molar-refractivity contribution >= 4 is 11.6 Å². The van der Waals surface area contributed by atoms with Crippen LogP contribution in [0.5, 0.6) is 0 Å². The van der Waals surface area contributed by atoms with Gasteiger partial charge in [-0.1, -0.05) is 18.2 Å². The molecule has 2 heterocycles. The highest BCUT2D eigenvalue weighted by Gasteiger charge is 2.24. The summed E-state index contributed by atoms with van der Waals surface area (Å²) in [6.07, 6.45) is 6.12. The number of piperidine rings is 1. The first-order valence-electron chi connectivity index (χ1n) is 9.14. The summed E-state index contributed by atoms with van der Waals surface area (Å²) in [4.78, 5) is 14.9. The van der Waals surface area contributed by atoms with Crippen LogP contribution >= 0.6 is 0 Å². The lowest BCUT2D eigenvalue weighted by atomic mass is 10.0. The molecule has 3 aromatic rings. The minimum atomic E-state index is 0.114. The summed E-state index contributed by atoms with van der Waals surface area (Å²) in [5.41, 5.74) is 2.93. The molecule has 0 spiro atoms. The fraction of sp³-hybridized carbons (Fsp3) is 0.227. The molecule has 1 aliphatic heterocycles. The van der Waals surface area contributed by atoms with Crippen molar-refractivity contribution in [2.45, 2.75) is 18.9 Å². The molecule has 4 rings (SSSR count). The highest BCUT2D eigenvalue weighted by atomic mass is 16.2. The molecule has 0 aliphatic carbocycles. The molecule has 132 valence electrons. The molecule has 4 nitrogen and oxygen atoms in total. The molecular weight excluding hydrogens is 322 g/mol. The largest absolute Gasteiger partial charge is 0.381 e. The van der Waals surface area contributed by atoms with Gasteiger partial charge in [-0.25, -0.2) is 0 Å². The van der Waals surface area contributed by atoms with Crippen LogP contribution in [0.3, 0.4) is 0 Å². The highest BCUT2D eigenvalue weighted by Crippen LogP contribution is 2.19. The van der Waals surface area contributed by atoms with Crippen LogP contribution in [-0.2, 0) is 0 Å². The van der Waals surface area contributed by atoms with Crippen molar-refractivity contribution in [2.75, 3.05) is 18.4 Å². The Labute approximate surface area is 154 Å². The molecule has 0 unspecified atom stereocenters. The minimum Gasteiger partial charge on any atom is -0.381 e. The third-order valence-electron chi connectivity index (χ3n) is 4.87. The molecule has 26 heavy (non-hydrogen) atoms. The molecule has 0 radical (unpaired) electrons. The Balaban J connectivity index is 1.42. The number of carbonyl (C=O) groups excluding carboxylic acids is 1. The van der Waals surface area contributed by atoms with Gasteiger partial charge in [0.2, 0.25) is 0 Å². The van der Waals surface area contributed by atoms with Crippen LogP contribution in [0.15, 0.2) is 79.1 Å². The van der Waals surface area contributed by atoms with Crippen LogP contribution in [0.2, 0.25) is 0 Å². The van der Waals surface area contributed by atoms with Crippen molar-refractivity contribution in [3.8, 4) is 5.69 Å². The van der Waals surface area contributed by atoms with Gasteiger partial charge in [0.05, 0.1) is 0 Å². The molecule has 4 heteroatoms. The summed E-state index contributed by atoms with van der Waals surface area (Å²) in [6.45, 7) is 1.57. The normalized spacial score (nSPS) is 17.1. The fourth-order valence-electron chi connectivity index (χ4n) is 3.51. The number of aromatic nitrogens is 1. The van der Waals surface area contributed by atoms with Crippen molar-refractivity contribution in [2.24, 2.45) is 0 Å². The second kappa shape index (κ2) is 7.48. The van der Waals surface area contributed by atoms with Crippen LogP contribution < -0.4 is 5.32 Å². The van der Waals surface area contributed by atoms with Crippen LogP contribution in [-0.4, -0.2) is 34.5 Å². The second-order valence-corrected chi connectivity index (χ2v) is 6.74. The minimum absolute atomic E-state index is 0.114. The highest BCUT2D eigenvalue weighted by molar-refractivity contribution is 5.94. The van der Waals surface area contributed by atoms with Gasteiger partial charge in [0.25, 0.3) is 5.91 Å². The van der Waals surface area contributed by atoms with Gasteiger partial charge in [0.15, 0.2) is 0 Å². The number of para-hydroxylation sites is 1. The maximum atomic E-state index is 12.9. The average Bonchev–Trinajstić information content (AvgIpc) is 3.23. The Morgan fingerprint density at radius 2 is 1.65 bits per heavy atom. The van der Waals surface area contributed by atoms with Crippen LogP contribution in [0, 0.1) is 0 Å². The molecule has 1 atom stereocenters. The van der Waals surface area contributed by atoms with E-state index in [0.29, 0.717) is 6.04 Å². The smallest absolute Gasteiger partial charge is 0.253 e. The number of hydrogen-bond donors (Lipinski definition) is 1. The summed E-state index contributed by atoms with van der Waals surface area (Å²) in [5, 5.41) is 3.55. The number of anilines is 1. The average molecular weight is 345 g/mol. The quantitative estimate of drug-likeness (QED) is 0.770. The van der Waals surface area contributed by atoms with Crippen LogP contribution in [0.4, 0.5) is 5.69 Å². The molecule has 1 saturated heterocycles. The number of carbonyl (C=O) groups is 1. The van der Waals surface area contributed by atoms with Gasteiger partial charge in [-0.3, -0.25) is 4.79 Å². The molecule has 0 bridgehead atoms. The van der Waals surface area contributed by atoms with E-state index in [4.69, 9.17) is 0 Å². The first kappa shape index (κ1) is 16.5. The Hall–Kier alpha value is -3.01. The number of nitrogens with one attached hydrogen (secondary N) is 1. The number of amides is 1. The fourth-order valence-corrected chi connectivity index (χ4v) is 3.51. The number of likely N-dealkylation sites (tertiary alicyclic amines) is 1. The standard InChI is InChI=1S/C22H23N3O/c26-22(18-10-12-21(13-11-18)24-14-4-5-15-24)25-16-6-9-20(17-25)23-19-7-2-1-3-8-19/h1-5,7-8,10-15,20,23H,6,9,16-17H2/t20-/m0/s1. The van der Waals surface area contributed by atoms with Gasteiger partial charge < -0.3 is 14.8 Å². The first-order chi connectivity index (χ1) is 12.8. The predicted octanol–water partition coefficient (Wildman–Crippen LogP) is 4.19. The molecule has 0 saturated carbocycles. The number of benzene rings is 2. The first-order valence-corrected chi connectivity index (χ1v) is 9.14. The van der Waals surface area contributed by atoms with Gasteiger partial charge in [-0.05, 0) is 61.4 Å². The SMILES string of the molecule is O=C(c1ccc(-n2cccc2)cc1)N1CCC[C@H](Nc2ccccc2)C1. The molecule has 1 amide bonds. The Kier molecular flexibility index (Phi) is 4.73. The summed E-state index contributed by atoms with van der Waals surface area (Å²) in [5.74, 6) is 0.114. The summed E-state index contributed by atoms with van der Waals surface area (Å²) >= 11 is 0. The van der Waals surface area contributed by atoms with E-state index in [1.807, 2.05) is 76.5 Å². The van der Waals surface area contributed by atoms with E-state index < -0.39 is 0 Å². The zero-order valence-corrected chi connectivity index (χ0v) is 14.7. The summed E-state index contributed by atoms with van der Waals surface area (Å²) in [7, 11) is 0. The topological polar surface area (TPSA) is 37.3 Å². The van der Waals surface area contributed by atoms with E-state index in [1.54, 1.807) is 0 Å². The van der Waals surface area contributed by atoms with Gasteiger partial charge >= 0.3 is 0 Å². The van der Waals surface area contributed by atoms with Crippen molar-refractivity contribution in [3.63, 3.8) is 0 Å². The van der Waals surface area contributed by atoms with Crippen molar-refractivity contribution < 1.29 is 4.79 Å². The lowest BCUT2D eigenvalue weighted by Gasteiger charge is -2.33. The predicted molar refractivity (Wildman–Crippen MR) is 105 cm³/mol. The van der Waals surface area contributed by atoms with Crippen molar-refractivity contribution in [3.05, 3.63) is 84.7 Å². The Bertz CT molecular complexity index is 841. The van der Waals surface area contributed by atoms with Gasteiger partial charge in [-0.2, -0.15) is 0 Å². The third kappa shape index (κ3) is 3.64. The maximum absolute atomic E-state index is 12.9. The van der Waals surface area contributed by atoms with Crippen LogP contribution in [0.1, 0.15) is 23.2 Å². The van der Waals surface area contributed by atoms with Crippen LogP contribution in [0.25, 0.3) is 5.69 Å². The lowest BCUT2D eigenvalue weighted by molar-refractivity contribution is 0.0715. The molecule has 1 fully saturated rings. The van der Waals surface area contributed by atoms with Crippen molar-refractivity contribution in [1.82, 2.24) is 9.47 Å². The Morgan fingerprint density at radius 3 is 2.38 bits per heavy atom. The van der Waals surface area contributed by atoms with E-state index in [1.165, 1.54) is 0 Å². The Morgan fingerprint density at radius 1 is 0.923 bits per heavy atom. The summed E-state index contributed by atoms with van der Waals surface area (Å²) in [6, 6.07) is 22.3. The molecule has 1 aliphatic rings. The van der Waals surface area contributed by atoms with E-state index in [9.17, 15) is 4.79 Å². The molecular formula is C22H23N3O. The second-order valence-electron chi connectivity index (χ2n) is 6.74. The van der Waals surface area contributed by atoms with Gasteiger partial charge in [-0.15, -0.1) is 0 Å². The molecule has 1 N–H and O–H groups in total. The van der Waals surface area contributed by atoms with Gasteiger partial charge in [0, 0.05) is 48.5 Å². The maximum Gasteiger partial charge on any atom is 0.253 e. The van der Waals surface area contributed by atoms with Crippen molar-refractivity contribution in [1.29, 1.82) is 0 Å². The van der Waals surface area contributed by atoms with E-state index in [2.05, 4.69) is 17.4 Å². The zero-order chi connectivity index (χ0) is 17.8. The molecule has 2 aromatic carbocycles. The number of nitrogens with zero attached hydrogens (tertiary/aromatic N) is 2. The third-order valence-corrected chi connectivity index (χ3v) is 4.87. The zero-order valence-electron chi connectivity index (χ0n) is 14.7. The lowest BCUT2D eigenvalue weighted by Crippen LogP contribution is -2.45. The number of hydrogen-bond acceptors (Lipinski definition) is 2. The summed E-state index contributed by atoms with van der Waals surface area (Å²) < 4.78 is 2.04. The van der Waals surface area contributed by atoms with E-state index in [-0.39, 0.29) is 5.91 Å². The van der Waals surface area contributed by atoms with E-state index in [0.717, 1.165) is 42.9 Å². The van der Waals surface area contributed by atoms with Gasteiger partial charge in [0.1, 0.15) is 0 Å². The molecule has 1 aromatic heterocycles. The monoisotopic (exact) mass is 345 g/mol. The van der Waals surface area contributed by atoms with E-state index >= 15 is 0 Å². The number of rotatable bonds is 4.